The molecule has 0 radical (unpaired) electrons. The highest BCUT2D eigenvalue weighted by Gasteiger charge is 2.34. The Morgan fingerprint density at radius 2 is 1.89 bits per heavy atom. The Balaban J connectivity index is 1.40. The van der Waals surface area contributed by atoms with E-state index in [4.69, 9.17) is 9.47 Å². The normalized spacial score (nSPS) is 16.8. The fourth-order valence-electron chi connectivity index (χ4n) is 3.39. The number of aryl methyl sites for hydroxylation is 1. The molecule has 1 aromatic heterocycles. The summed E-state index contributed by atoms with van der Waals surface area (Å²) in [6.07, 6.45) is 2.04. The van der Waals surface area contributed by atoms with Gasteiger partial charge in [0.2, 0.25) is 0 Å². The number of hydrogen-bond acceptors (Lipinski definition) is 4. The molecule has 0 bridgehead atoms. The average Bonchev–Trinajstić information content (AvgIpc) is 3.42. The maximum absolute atomic E-state index is 12.7. The molecular formula is C20H21BrN2O4. The van der Waals surface area contributed by atoms with Gasteiger partial charge in [0.1, 0.15) is 17.6 Å². The summed E-state index contributed by atoms with van der Waals surface area (Å²) < 4.78 is 13.7. The van der Waals surface area contributed by atoms with Crippen LogP contribution in [-0.2, 0) is 0 Å². The van der Waals surface area contributed by atoms with E-state index in [-0.39, 0.29) is 17.6 Å². The van der Waals surface area contributed by atoms with Crippen LogP contribution >= 0.6 is 15.9 Å². The van der Waals surface area contributed by atoms with Gasteiger partial charge in [-0.2, -0.15) is 0 Å². The van der Waals surface area contributed by atoms with Crippen molar-refractivity contribution in [1.82, 2.24) is 9.47 Å². The molecule has 2 aromatic rings. The molecule has 0 N–H and O–H groups in total. The number of carbonyl (C=O) groups is 1. The molecule has 4 rings (SSSR count). The lowest BCUT2D eigenvalue weighted by Gasteiger charge is -2.39. The lowest BCUT2D eigenvalue weighted by atomic mass is 10.1. The third kappa shape index (κ3) is 3.60. The van der Waals surface area contributed by atoms with Gasteiger partial charge in [0.25, 0.3) is 11.5 Å². The summed E-state index contributed by atoms with van der Waals surface area (Å²) in [5.74, 6) is 1.15. The van der Waals surface area contributed by atoms with Crippen molar-refractivity contribution in [2.45, 2.75) is 31.9 Å². The first-order valence-electron chi connectivity index (χ1n) is 8.99. The predicted molar refractivity (Wildman–Crippen MR) is 105 cm³/mol. The molecule has 1 saturated heterocycles. The second-order valence-corrected chi connectivity index (χ2v) is 7.92. The van der Waals surface area contributed by atoms with E-state index >= 15 is 0 Å². The third-order valence-corrected chi connectivity index (χ3v) is 5.68. The topological polar surface area (TPSA) is 60.8 Å². The molecule has 142 valence electrons. The minimum atomic E-state index is -0.103. The standard InChI is InChI=1S/C20H21BrN2O4/c1-12-7-15(9-19(24)23(12)13-3-4-13)27-16-10-22(11-16)20(25)17-8-14(26-2)5-6-18(17)21/h5-9,13,16H,3-4,10-11H2,1-2H3. The Labute approximate surface area is 165 Å². The van der Waals surface area contributed by atoms with Crippen LogP contribution in [0, 0.1) is 6.92 Å². The van der Waals surface area contributed by atoms with E-state index in [2.05, 4.69) is 15.9 Å². The summed E-state index contributed by atoms with van der Waals surface area (Å²) in [4.78, 5) is 26.7. The number of carbonyl (C=O) groups excluding carboxylic acids is 1. The van der Waals surface area contributed by atoms with Crippen LogP contribution in [0.2, 0.25) is 0 Å². The Bertz CT molecular complexity index is 945. The van der Waals surface area contributed by atoms with E-state index in [1.54, 1.807) is 36.3 Å². The van der Waals surface area contributed by atoms with Crippen molar-refractivity contribution in [3.63, 3.8) is 0 Å². The monoisotopic (exact) mass is 432 g/mol. The Morgan fingerprint density at radius 1 is 1.15 bits per heavy atom. The smallest absolute Gasteiger partial charge is 0.255 e. The van der Waals surface area contributed by atoms with Gasteiger partial charge in [-0.3, -0.25) is 9.59 Å². The van der Waals surface area contributed by atoms with E-state index in [1.807, 2.05) is 17.6 Å². The van der Waals surface area contributed by atoms with Gasteiger partial charge in [-0.25, -0.2) is 0 Å². The molecule has 0 unspecified atom stereocenters. The number of amides is 1. The third-order valence-electron chi connectivity index (χ3n) is 4.99. The minimum Gasteiger partial charge on any atom is -0.497 e. The Hall–Kier alpha value is -2.28. The number of aromatic nitrogens is 1. The molecule has 2 heterocycles. The largest absolute Gasteiger partial charge is 0.497 e. The van der Waals surface area contributed by atoms with Crippen molar-refractivity contribution in [1.29, 1.82) is 0 Å². The number of pyridine rings is 1. The summed E-state index contributed by atoms with van der Waals surface area (Å²) in [6, 6.07) is 9.13. The zero-order valence-electron chi connectivity index (χ0n) is 15.3. The van der Waals surface area contributed by atoms with Gasteiger partial charge >= 0.3 is 0 Å². The highest BCUT2D eigenvalue weighted by Crippen LogP contribution is 2.35. The van der Waals surface area contributed by atoms with Gasteiger partial charge in [0.05, 0.1) is 25.8 Å². The second kappa shape index (κ2) is 7.03. The number of rotatable bonds is 5. The van der Waals surface area contributed by atoms with Crippen molar-refractivity contribution in [2.24, 2.45) is 0 Å². The van der Waals surface area contributed by atoms with E-state index in [0.29, 0.717) is 36.2 Å². The van der Waals surface area contributed by atoms with Crippen LogP contribution in [-0.4, -0.2) is 41.7 Å². The number of nitrogens with zero attached hydrogens (tertiary/aromatic N) is 2. The molecule has 27 heavy (non-hydrogen) atoms. The number of ether oxygens (including phenoxy) is 2. The number of methoxy groups -OCH3 is 1. The van der Waals surface area contributed by atoms with E-state index in [0.717, 1.165) is 23.0 Å². The van der Waals surface area contributed by atoms with Gasteiger partial charge in [0, 0.05) is 22.3 Å². The van der Waals surface area contributed by atoms with Crippen molar-refractivity contribution in [3.05, 3.63) is 56.4 Å². The molecule has 1 aromatic carbocycles. The lowest BCUT2D eigenvalue weighted by Crippen LogP contribution is -2.56. The summed E-state index contributed by atoms with van der Waals surface area (Å²) >= 11 is 3.42. The number of halogens is 1. The summed E-state index contributed by atoms with van der Waals surface area (Å²) in [6.45, 7) is 2.92. The van der Waals surface area contributed by atoms with Gasteiger partial charge in [-0.1, -0.05) is 0 Å². The summed E-state index contributed by atoms with van der Waals surface area (Å²) in [7, 11) is 1.57. The molecule has 1 saturated carbocycles. The summed E-state index contributed by atoms with van der Waals surface area (Å²) in [5.41, 5.74) is 1.48. The molecule has 1 amide bonds. The number of hydrogen-bond donors (Lipinski definition) is 0. The SMILES string of the molecule is COc1ccc(Br)c(C(=O)N2CC(Oc3cc(C)n(C4CC4)c(=O)c3)C2)c1. The lowest BCUT2D eigenvalue weighted by molar-refractivity contribution is 0.0175. The van der Waals surface area contributed by atoms with Crippen molar-refractivity contribution >= 4 is 21.8 Å². The van der Waals surface area contributed by atoms with Crippen LogP contribution in [0.15, 0.2) is 39.6 Å². The first-order valence-corrected chi connectivity index (χ1v) is 9.78. The number of likely N-dealkylation sites (tertiary alicyclic amines) is 1. The van der Waals surface area contributed by atoms with Gasteiger partial charge < -0.3 is 18.9 Å². The van der Waals surface area contributed by atoms with Crippen LogP contribution in [0.4, 0.5) is 0 Å². The fourth-order valence-corrected chi connectivity index (χ4v) is 3.80. The minimum absolute atomic E-state index is 0.0138. The molecular weight excluding hydrogens is 412 g/mol. The van der Waals surface area contributed by atoms with E-state index in [9.17, 15) is 9.59 Å². The first-order chi connectivity index (χ1) is 13.0. The Morgan fingerprint density at radius 3 is 2.52 bits per heavy atom. The van der Waals surface area contributed by atoms with Crippen molar-refractivity contribution < 1.29 is 14.3 Å². The summed E-state index contributed by atoms with van der Waals surface area (Å²) in [5, 5.41) is 0. The first kappa shape index (κ1) is 18.1. The predicted octanol–water partition coefficient (Wildman–Crippen LogP) is 3.17. The van der Waals surface area contributed by atoms with Crippen LogP contribution in [0.3, 0.4) is 0 Å². The zero-order valence-corrected chi connectivity index (χ0v) is 16.9. The van der Waals surface area contributed by atoms with E-state index < -0.39 is 0 Å². The van der Waals surface area contributed by atoms with Crippen LogP contribution < -0.4 is 15.0 Å². The molecule has 0 spiro atoms. The second-order valence-electron chi connectivity index (χ2n) is 7.07. The van der Waals surface area contributed by atoms with Crippen LogP contribution in [0.1, 0.15) is 34.9 Å². The van der Waals surface area contributed by atoms with Crippen molar-refractivity contribution in [2.75, 3.05) is 20.2 Å². The molecule has 1 aliphatic carbocycles. The molecule has 2 aliphatic rings. The quantitative estimate of drug-likeness (QED) is 0.727. The van der Waals surface area contributed by atoms with Gasteiger partial charge in [-0.05, 0) is 60.0 Å². The zero-order chi connectivity index (χ0) is 19.1. The van der Waals surface area contributed by atoms with Crippen molar-refractivity contribution in [3.8, 4) is 11.5 Å². The maximum atomic E-state index is 12.7. The molecule has 7 heteroatoms. The number of benzene rings is 1. The Kier molecular flexibility index (Phi) is 4.72. The molecule has 0 atom stereocenters. The van der Waals surface area contributed by atoms with Gasteiger partial charge in [-0.15, -0.1) is 0 Å². The molecule has 6 nitrogen and oxygen atoms in total. The molecule has 2 fully saturated rings. The van der Waals surface area contributed by atoms with Gasteiger partial charge in [0.15, 0.2) is 0 Å². The van der Waals surface area contributed by atoms with Crippen LogP contribution in [0.5, 0.6) is 11.5 Å². The fraction of sp³-hybridized carbons (Fsp3) is 0.400. The van der Waals surface area contributed by atoms with E-state index in [1.165, 1.54) is 0 Å². The molecule has 1 aliphatic heterocycles. The highest BCUT2D eigenvalue weighted by atomic mass is 79.9. The average molecular weight is 433 g/mol. The highest BCUT2D eigenvalue weighted by molar-refractivity contribution is 9.10. The maximum Gasteiger partial charge on any atom is 0.255 e. The van der Waals surface area contributed by atoms with Crippen LogP contribution in [0.25, 0.3) is 0 Å².